The summed E-state index contributed by atoms with van der Waals surface area (Å²) in [5.74, 6) is -0.246. The van der Waals surface area contributed by atoms with Crippen molar-refractivity contribution in [3.05, 3.63) is 29.3 Å². The second-order valence-electron chi connectivity index (χ2n) is 2.58. The molecule has 0 amide bonds. The molecule has 0 aliphatic carbocycles. The normalized spacial score (nSPS) is 10.6. The number of hydrogen-bond acceptors (Lipinski definition) is 3. The molecule has 0 aliphatic heterocycles. The summed E-state index contributed by atoms with van der Waals surface area (Å²) in [6.07, 6.45) is -4.56. The summed E-state index contributed by atoms with van der Waals surface area (Å²) in [5, 5.41) is 16.7. The van der Waals surface area contributed by atoms with Gasteiger partial charge in [0.25, 0.3) is 0 Å². The van der Waals surface area contributed by atoms with Crippen molar-refractivity contribution in [3.8, 4) is 11.8 Å². The van der Waals surface area contributed by atoms with Crippen LogP contribution in [0.1, 0.15) is 11.1 Å². The Bertz CT molecular complexity index is 400. The molecule has 0 bridgehead atoms. The molecule has 77 valence electrons. The third-order valence-electron chi connectivity index (χ3n) is 1.55. The Labute approximate surface area is 84.0 Å². The average Bonchev–Trinajstić information content (AvgIpc) is 2.16. The van der Waals surface area contributed by atoms with Gasteiger partial charge < -0.3 is 9.68 Å². The highest BCUT2D eigenvalue weighted by Crippen LogP contribution is 2.32. The fraction of sp³-hybridized carbons (Fsp3) is 0.125. The molecule has 0 heterocycles. The number of hydrogen-bond donors (Lipinski definition) is 1. The minimum absolute atomic E-state index is 0.193. The van der Waals surface area contributed by atoms with Gasteiger partial charge in [-0.2, -0.15) is 18.4 Å². The van der Waals surface area contributed by atoms with E-state index in [-0.39, 0.29) is 19.0 Å². The van der Waals surface area contributed by atoms with E-state index in [0.717, 1.165) is 6.07 Å². The van der Waals surface area contributed by atoms with Gasteiger partial charge in [-0.05, 0) is 18.2 Å². The molecule has 7 heteroatoms. The van der Waals surface area contributed by atoms with Gasteiger partial charge in [-0.15, -0.1) is 0 Å². The Balaban J connectivity index is 3.19. The fourth-order valence-corrected chi connectivity index (χ4v) is 0.956. The number of nitrogens with zero attached hydrogens (tertiary/aromatic N) is 1. The third kappa shape index (κ3) is 2.89. The van der Waals surface area contributed by atoms with E-state index in [0.29, 0.717) is 12.1 Å². The number of benzene rings is 1. The van der Waals surface area contributed by atoms with Crippen molar-refractivity contribution in [2.24, 2.45) is 0 Å². The van der Waals surface area contributed by atoms with E-state index in [1.807, 2.05) is 0 Å². The first-order chi connectivity index (χ1) is 6.97. The number of alkyl halides is 3. The first kappa shape index (κ1) is 11.4. The van der Waals surface area contributed by atoms with Gasteiger partial charge in [0.2, 0.25) is 0 Å². The summed E-state index contributed by atoms with van der Waals surface area (Å²) in [7, 11) is 0.247. The van der Waals surface area contributed by atoms with Gasteiger partial charge in [-0.1, -0.05) is 0 Å². The molecule has 0 fully saturated rings. The zero-order valence-electron chi connectivity index (χ0n) is 7.25. The average molecular weight is 214 g/mol. The monoisotopic (exact) mass is 214 g/mol. The first-order valence-electron chi connectivity index (χ1n) is 3.72. The van der Waals surface area contributed by atoms with Gasteiger partial charge >= 0.3 is 13.9 Å². The van der Waals surface area contributed by atoms with Crippen LogP contribution in [0.15, 0.2) is 18.2 Å². The van der Waals surface area contributed by atoms with Crippen molar-refractivity contribution in [2.45, 2.75) is 6.18 Å². The van der Waals surface area contributed by atoms with Gasteiger partial charge in [0.05, 0.1) is 17.2 Å². The molecule has 1 aromatic carbocycles. The number of halogens is 3. The zero-order chi connectivity index (χ0) is 11.5. The maximum Gasteiger partial charge on any atom is 0.569 e. The molecule has 1 radical (unpaired) electrons. The van der Waals surface area contributed by atoms with Crippen LogP contribution >= 0.6 is 0 Å². The van der Waals surface area contributed by atoms with Gasteiger partial charge in [0, 0.05) is 0 Å². The zero-order valence-corrected chi connectivity index (χ0v) is 7.25. The van der Waals surface area contributed by atoms with Gasteiger partial charge in [0.1, 0.15) is 5.75 Å². The lowest BCUT2D eigenvalue weighted by molar-refractivity contribution is -0.137. The molecule has 0 saturated heterocycles. The molecule has 0 aromatic heterocycles. The standard InChI is InChI=1S/C8H4BF3NO2/c10-8(11,12)6-1-5(4-13)2-7(3-6)15-9-14/h1-3,14H. The lowest BCUT2D eigenvalue weighted by Crippen LogP contribution is -2.07. The van der Waals surface area contributed by atoms with Crippen LogP contribution < -0.4 is 4.65 Å². The number of rotatable bonds is 2. The van der Waals surface area contributed by atoms with Gasteiger partial charge in [-0.3, -0.25) is 0 Å². The van der Waals surface area contributed by atoms with E-state index in [2.05, 4.69) is 4.65 Å². The van der Waals surface area contributed by atoms with E-state index < -0.39 is 11.7 Å². The molecule has 1 rings (SSSR count). The van der Waals surface area contributed by atoms with Crippen molar-refractivity contribution in [2.75, 3.05) is 0 Å². The summed E-state index contributed by atoms with van der Waals surface area (Å²) < 4.78 is 41.2. The van der Waals surface area contributed by atoms with E-state index in [9.17, 15) is 13.2 Å². The molecule has 0 unspecified atom stereocenters. The molecule has 1 aromatic rings. The van der Waals surface area contributed by atoms with Crippen LogP contribution in [0.5, 0.6) is 5.75 Å². The highest BCUT2D eigenvalue weighted by molar-refractivity contribution is 6.17. The fourth-order valence-electron chi connectivity index (χ4n) is 0.956. The second-order valence-corrected chi connectivity index (χ2v) is 2.58. The number of nitriles is 1. The molecular formula is C8H4BF3NO2. The van der Waals surface area contributed by atoms with Crippen molar-refractivity contribution in [3.63, 3.8) is 0 Å². The Morgan fingerprint density at radius 1 is 1.33 bits per heavy atom. The SMILES string of the molecule is N#Cc1cc(O[B]O)cc(C(F)(F)F)c1. The van der Waals surface area contributed by atoms with Crippen LogP contribution in [0.25, 0.3) is 0 Å². The van der Waals surface area contributed by atoms with Crippen LogP contribution in [-0.4, -0.2) is 12.7 Å². The third-order valence-corrected chi connectivity index (χ3v) is 1.55. The summed E-state index contributed by atoms with van der Waals surface area (Å²) in [6, 6.07) is 4.03. The maximum atomic E-state index is 12.3. The molecule has 1 N–H and O–H groups in total. The van der Waals surface area contributed by atoms with Crippen molar-refractivity contribution < 1.29 is 22.8 Å². The Morgan fingerprint density at radius 3 is 2.47 bits per heavy atom. The topological polar surface area (TPSA) is 53.2 Å². The van der Waals surface area contributed by atoms with Crippen LogP contribution in [0.3, 0.4) is 0 Å². The van der Waals surface area contributed by atoms with Gasteiger partial charge in [0.15, 0.2) is 0 Å². The Morgan fingerprint density at radius 2 is 2.00 bits per heavy atom. The quantitative estimate of drug-likeness (QED) is 0.758. The van der Waals surface area contributed by atoms with E-state index >= 15 is 0 Å². The van der Waals surface area contributed by atoms with Crippen LogP contribution in [0, 0.1) is 11.3 Å². The van der Waals surface area contributed by atoms with Crippen molar-refractivity contribution in [1.29, 1.82) is 5.26 Å². The molecule has 0 spiro atoms. The predicted octanol–water partition coefficient (Wildman–Crippen LogP) is 1.48. The molecule has 0 atom stereocenters. The van der Waals surface area contributed by atoms with Crippen LogP contribution in [0.4, 0.5) is 13.2 Å². The molecular weight excluding hydrogens is 210 g/mol. The molecule has 0 aliphatic rings. The lowest BCUT2D eigenvalue weighted by Gasteiger charge is -2.09. The maximum absolute atomic E-state index is 12.3. The minimum atomic E-state index is -4.56. The summed E-state index contributed by atoms with van der Waals surface area (Å²) >= 11 is 0. The Kier molecular flexibility index (Phi) is 3.22. The highest BCUT2D eigenvalue weighted by atomic mass is 19.4. The van der Waals surface area contributed by atoms with Crippen LogP contribution in [-0.2, 0) is 6.18 Å². The summed E-state index contributed by atoms with van der Waals surface area (Å²) in [5.41, 5.74) is -1.19. The molecule has 3 nitrogen and oxygen atoms in total. The van der Waals surface area contributed by atoms with Gasteiger partial charge in [-0.25, -0.2) is 0 Å². The van der Waals surface area contributed by atoms with Crippen molar-refractivity contribution >= 4 is 7.69 Å². The first-order valence-corrected chi connectivity index (χ1v) is 3.72. The second kappa shape index (κ2) is 4.23. The molecule has 0 saturated carbocycles. The smallest absolute Gasteiger partial charge is 0.537 e. The summed E-state index contributed by atoms with van der Waals surface area (Å²) in [6.45, 7) is 0. The molecule has 15 heavy (non-hydrogen) atoms. The van der Waals surface area contributed by atoms with E-state index in [1.165, 1.54) is 0 Å². The van der Waals surface area contributed by atoms with E-state index in [4.69, 9.17) is 10.3 Å². The lowest BCUT2D eigenvalue weighted by atomic mass is 10.1. The largest absolute Gasteiger partial charge is 0.569 e. The highest BCUT2D eigenvalue weighted by Gasteiger charge is 2.31. The Hall–Kier alpha value is -1.68. The predicted molar refractivity (Wildman–Crippen MR) is 44.8 cm³/mol. The minimum Gasteiger partial charge on any atom is -0.537 e. The van der Waals surface area contributed by atoms with E-state index in [1.54, 1.807) is 6.07 Å². The summed E-state index contributed by atoms with van der Waals surface area (Å²) in [4.78, 5) is 0. The van der Waals surface area contributed by atoms with Crippen LogP contribution in [0.2, 0.25) is 0 Å². The van der Waals surface area contributed by atoms with Crippen molar-refractivity contribution in [1.82, 2.24) is 0 Å².